The van der Waals surface area contributed by atoms with Crippen molar-refractivity contribution in [2.75, 3.05) is 6.54 Å². The van der Waals surface area contributed by atoms with E-state index in [0.29, 0.717) is 19.5 Å². The Morgan fingerprint density at radius 3 is 2.89 bits per heavy atom. The van der Waals surface area contributed by atoms with Gasteiger partial charge < -0.3 is 20.3 Å². The maximum Gasteiger partial charge on any atom is 0.315 e. The van der Waals surface area contributed by atoms with Crippen LogP contribution in [-0.4, -0.2) is 39.2 Å². The molecule has 3 N–H and O–H groups in total. The van der Waals surface area contributed by atoms with Crippen LogP contribution in [0.4, 0.5) is 4.79 Å². The molecule has 0 aliphatic rings. The van der Waals surface area contributed by atoms with Crippen LogP contribution in [0, 0.1) is 0 Å². The van der Waals surface area contributed by atoms with Gasteiger partial charge in [0, 0.05) is 37.9 Å². The van der Waals surface area contributed by atoms with Crippen LogP contribution in [0.2, 0.25) is 0 Å². The number of rotatable bonds is 7. The zero-order valence-electron chi connectivity index (χ0n) is 10.3. The Labute approximate surface area is 105 Å². The van der Waals surface area contributed by atoms with Crippen LogP contribution >= 0.6 is 0 Å². The van der Waals surface area contributed by atoms with E-state index in [0.717, 1.165) is 0 Å². The van der Waals surface area contributed by atoms with Crippen molar-refractivity contribution in [1.82, 2.24) is 20.2 Å². The Morgan fingerprint density at radius 1 is 1.50 bits per heavy atom. The minimum atomic E-state index is -0.857. The van der Waals surface area contributed by atoms with Gasteiger partial charge in [0.15, 0.2) is 0 Å². The van der Waals surface area contributed by atoms with Crippen molar-refractivity contribution in [2.24, 2.45) is 0 Å². The Bertz CT molecular complexity index is 378. The van der Waals surface area contributed by atoms with Gasteiger partial charge in [0.1, 0.15) is 0 Å². The molecule has 0 aromatic carbocycles. The smallest absolute Gasteiger partial charge is 0.315 e. The summed E-state index contributed by atoms with van der Waals surface area (Å²) in [7, 11) is 0. The first-order chi connectivity index (χ1) is 8.58. The van der Waals surface area contributed by atoms with Crippen LogP contribution in [0.25, 0.3) is 0 Å². The molecule has 0 bridgehead atoms. The van der Waals surface area contributed by atoms with Crippen molar-refractivity contribution in [3.8, 4) is 0 Å². The van der Waals surface area contributed by atoms with E-state index in [-0.39, 0.29) is 18.5 Å². The fourth-order valence-corrected chi connectivity index (χ4v) is 1.40. The standard InChI is InChI=1S/C11H18N4O3/c1-9(2-3-10(16)17)14-11(18)13-5-7-15-6-4-12-8-15/h4,6,8-9H,2-3,5,7H2,1H3,(H,16,17)(H2,13,14,18). The van der Waals surface area contributed by atoms with Gasteiger partial charge in [-0.15, -0.1) is 0 Å². The summed E-state index contributed by atoms with van der Waals surface area (Å²) in [6, 6.07) is -0.442. The van der Waals surface area contributed by atoms with Crippen molar-refractivity contribution < 1.29 is 14.7 Å². The lowest BCUT2D eigenvalue weighted by Crippen LogP contribution is -2.41. The Morgan fingerprint density at radius 2 is 2.28 bits per heavy atom. The average Bonchev–Trinajstić information content (AvgIpc) is 2.79. The molecule has 0 radical (unpaired) electrons. The molecule has 1 rings (SSSR count). The largest absolute Gasteiger partial charge is 0.481 e. The van der Waals surface area contributed by atoms with Crippen molar-refractivity contribution >= 4 is 12.0 Å². The molecule has 1 unspecified atom stereocenters. The highest BCUT2D eigenvalue weighted by Crippen LogP contribution is 1.95. The maximum absolute atomic E-state index is 11.4. The van der Waals surface area contributed by atoms with Gasteiger partial charge in [-0.25, -0.2) is 9.78 Å². The highest BCUT2D eigenvalue weighted by Gasteiger charge is 2.08. The molecule has 1 aromatic rings. The number of nitrogens with one attached hydrogen (secondary N) is 2. The summed E-state index contributed by atoms with van der Waals surface area (Å²) in [5.41, 5.74) is 0. The number of urea groups is 1. The third-order valence-electron chi connectivity index (χ3n) is 2.38. The second-order valence-electron chi connectivity index (χ2n) is 4.03. The fourth-order valence-electron chi connectivity index (χ4n) is 1.40. The van der Waals surface area contributed by atoms with E-state index in [1.807, 2.05) is 10.8 Å². The Balaban J connectivity index is 2.11. The van der Waals surface area contributed by atoms with Crippen molar-refractivity contribution in [1.29, 1.82) is 0 Å². The molecular weight excluding hydrogens is 236 g/mol. The summed E-state index contributed by atoms with van der Waals surface area (Å²) in [5.74, 6) is -0.857. The summed E-state index contributed by atoms with van der Waals surface area (Å²) in [6.45, 7) is 2.92. The molecule has 1 atom stereocenters. The summed E-state index contributed by atoms with van der Waals surface area (Å²) in [4.78, 5) is 25.7. The molecule has 7 nitrogen and oxygen atoms in total. The first kappa shape index (κ1) is 14.0. The van der Waals surface area contributed by atoms with E-state index in [1.165, 1.54) is 0 Å². The second-order valence-corrected chi connectivity index (χ2v) is 4.03. The van der Waals surface area contributed by atoms with Crippen LogP contribution in [0.1, 0.15) is 19.8 Å². The molecular formula is C11H18N4O3. The lowest BCUT2D eigenvalue weighted by Gasteiger charge is -2.13. The molecule has 0 saturated heterocycles. The van der Waals surface area contributed by atoms with E-state index in [1.54, 1.807) is 19.4 Å². The minimum Gasteiger partial charge on any atom is -0.481 e. The van der Waals surface area contributed by atoms with Gasteiger partial charge in [0.2, 0.25) is 0 Å². The van der Waals surface area contributed by atoms with E-state index in [2.05, 4.69) is 15.6 Å². The molecule has 7 heteroatoms. The summed E-state index contributed by atoms with van der Waals surface area (Å²) in [6.07, 6.45) is 5.64. The number of amides is 2. The lowest BCUT2D eigenvalue weighted by molar-refractivity contribution is -0.137. The first-order valence-electron chi connectivity index (χ1n) is 5.80. The molecule has 0 aliphatic heterocycles. The molecule has 100 valence electrons. The quantitative estimate of drug-likeness (QED) is 0.657. The van der Waals surface area contributed by atoms with Gasteiger partial charge in [-0.3, -0.25) is 4.79 Å². The molecule has 0 aliphatic carbocycles. The number of carbonyl (C=O) groups excluding carboxylic acids is 1. The molecule has 1 aromatic heterocycles. The summed E-state index contributed by atoms with van der Waals surface area (Å²) in [5, 5.41) is 13.9. The van der Waals surface area contributed by atoms with Crippen molar-refractivity contribution in [3.63, 3.8) is 0 Å². The number of hydrogen-bond acceptors (Lipinski definition) is 3. The van der Waals surface area contributed by atoms with Gasteiger partial charge in [0.25, 0.3) is 0 Å². The van der Waals surface area contributed by atoms with Crippen molar-refractivity contribution in [2.45, 2.75) is 32.4 Å². The summed E-state index contributed by atoms with van der Waals surface area (Å²) >= 11 is 0. The lowest BCUT2D eigenvalue weighted by atomic mass is 10.2. The van der Waals surface area contributed by atoms with E-state index < -0.39 is 5.97 Å². The average molecular weight is 254 g/mol. The normalized spacial score (nSPS) is 11.8. The molecule has 2 amide bonds. The zero-order chi connectivity index (χ0) is 13.4. The third-order valence-corrected chi connectivity index (χ3v) is 2.38. The number of hydrogen-bond donors (Lipinski definition) is 3. The van der Waals surface area contributed by atoms with Crippen LogP contribution in [-0.2, 0) is 11.3 Å². The maximum atomic E-state index is 11.4. The Kier molecular flexibility index (Phi) is 5.69. The van der Waals surface area contributed by atoms with E-state index in [9.17, 15) is 9.59 Å². The predicted molar refractivity (Wildman–Crippen MR) is 65.1 cm³/mol. The van der Waals surface area contributed by atoms with Gasteiger partial charge in [-0.2, -0.15) is 0 Å². The number of nitrogens with zero attached hydrogens (tertiary/aromatic N) is 2. The molecule has 0 spiro atoms. The number of carboxylic acid groups (broad SMARTS) is 1. The number of imidazole rings is 1. The molecule has 18 heavy (non-hydrogen) atoms. The third kappa shape index (κ3) is 5.88. The highest BCUT2D eigenvalue weighted by atomic mass is 16.4. The topological polar surface area (TPSA) is 96.3 Å². The van der Waals surface area contributed by atoms with Crippen LogP contribution < -0.4 is 10.6 Å². The zero-order valence-corrected chi connectivity index (χ0v) is 10.3. The summed E-state index contributed by atoms with van der Waals surface area (Å²) < 4.78 is 1.86. The van der Waals surface area contributed by atoms with E-state index >= 15 is 0 Å². The van der Waals surface area contributed by atoms with Crippen LogP contribution in [0.15, 0.2) is 18.7 Å². The van der Waals surface area contributed by atoms with Gasteiger partial charge in [-0.05, 0) is 13.3 Å². The molecule has 0 saturated carbocycles. The number of aromatic nitrogens is 2. The van der Waals surface area contributed by atoms with Crippen LogP contribution in [0.5, 0.6) is 0 Å². The predicted octanol–water partition coefficient (Wildman–Crippen LogP) is 0.436. The van der Waals surface area contributed by atoms with Gasteiger partial charge >= 0.3 is 12.0 Å². The monoisotopic (exact) mass is 254 g/mol. The number of carbonyl (C=O) groups is 2. The second kappa shape index (κ2) is 7.31. The Hall–Kier alpha value is -2.05. The van der Waals surface area contributed by atoms with Gasteiger partial charge in [0.05, 0.1) is 6.33 Å². The van der Waals surface area contributed by atoms with Gasteiger partial charge in [-0.1, -0.05) is 0 Å². The minimum absolute atomic E-state index is 0.0521. The number of aliphatic carboxylic acids is 1. The highest BCUT2D eigenvalue weighted by molar-refractivity contribution is 5.74. The van der Waals surface area contributed by atoms with Crippen LogP contribution in [0.3, 0.4) is 0 Å². The number of carboxylic acids is 1. The SMILES string of the molecule is CC(CCC(=O)O)NC(=O)NCCn1ccnc1. The van der Waals surface area contributed by atoms with E-state index in [4.69, 9.17) is 5.11 Å². The first-order valence-corrected chi connectivity index (χ1v) is 5.80. The molecule has 0 fully saturated rings. The fraction of sp³-hybridized carbons (Fsp3) is 0.545. The van der Waals surface area contributed by atoms with Crippen molar-refractivity contribution in [3.05, 3.63) is 18.7 Å². The molecule has 1 heterocycles.